The summed E-state index contributed by atoms with van der Waals surface area (Å²) >= 11 is 1.79. The van der Waals surface area contributed by atoms with E-state index in [2.05, 4.69) is 31.8 Å². The summed E-state index contributed by atoms with van der Waals surface area (Å²) in [6.45, 7) is 6.41. The summed E-state index contributed by atoms with van der Waals surface area (Å²) in [5.41, 5.74) is 8.71. The van der Waals surface area contributed by atoms with Crippen LogP contribution >= 0.6 is 11.3 Å². The van der Waals surface area contributed by atoms with Crippen molar-refractivity contribution in [1.29, 1.82) is 0 Å². The number of nitrogens with zero attached hydrogens (tertiary/aromatic N) is 1. The number of aryl methyl sites for hydroxylation is 2. The van der Waals surface area contributed by atoms with Crippen molar-refractivity contribution in [1.82, 2.24) is 4.98 Å². The van der Waals surface area contributed by atoms with Gasteiger partial charge in [0.25, 0.3) is 0 Å². The Bertz CT molecular complexity index is 471. The van der Waals surface area contributed by atoms with Gasteiger partial charge in [-0.15, -0.1) is 11.3 Å². The minimum Gasteiger partial charge on any atom is -0.323 e. The van der Waals surface area contributed by atoms with Gasteiger partial charge in [0.15, 0.2) is 0 Å². The lowest BCUT2D eigenvalue weighted by Gasteiger charge is -2.18. The van der Waals surface area contributed by atoms with E-state index in [9.17, 15) is 0 Å². The molecule has 2 nitrogen and oxygen atoms in total. The van der Waals surface area contributed by atoms with Crippen molar-refractivity contribution in [3.63, 3.8) is 0 Å². The van der Waals surface area contributed by atoms with E-state index in [-0.39, 0.29) is 12.0 Å². The summed E-state index contributed by atoms with van der Waals surface area (Å²) in [6.07, 6.45) is 1.82. The Hall–Kier alpha value is -1.19. The molecule has 0 aliphatic heterocycles. The van der Waals surface area contributed by atoms with E-state index in [1.54, 1.807) is 11.3 Å². The molecule has 2 N–H and O–H groups in total. The van der Waals surface area contributed by atoms with Crippen molar-refractivity contribution >= 4 is 11.3 Å². The fourth-order valence-electron chi connectivity index (χ4n) is 1.84. The van der Waals surface area contributed by atoms with E-state index < -0.39 is 0 Å². The topological polar surface area (TPSA) is 38.9 Å². The lowest BCUT2D eigenvalue weighted by atomic mass is 9.97. The molecular formula is C14H18N2S. The van der Waals surface area contributed by atoms with Gasteiger partial charge in [0.2, 0.25) is 0 Å². The normalized spacial score (nSPS) is 14.6. The van der Waals surface area contributed by atoms with Crippen LogP contribution in [0.5, 0.6) is 0 Å². The lowest BCUT2D eigenvalue weighted by molar-refractivity contribution is 0.592. The Kier molecular flexibility index (Phi) is 3.60. The van der Waals surface area contributed by atoms with E-state index >= 15 is 0 Å². The predicted molar refractivity (Wildman–Crippen MR) is 73.4 cm³/mol. The van der Waals surface area contributed by atoms with Gasteiger partial charge in [-0.2, -0.15) is 0 Å². The molecule has 2 aromatic heterocycles. The van der Waals surface area contributed by atoms with Crippen molar-refractivity contribution in [3.05, 3.63) is 51.5 Å². The van der Waals surface area contributed by atoms with E-state index in [1.807, 2.05) is 24.4 Å². The lowest BCUT2D eigenvalue weighted by Crippen LogP contribution is -2.17. The van der Waals surface area contributed by atoms with E-state index in [4.69, 9.17) is 5.73 Å². The largest absolute Gasteiger partial charge is 0.323 e. The molecule has 0 fully saturated rings. The van der Waals surface area contributed by atoms with Gasteiger partial charge in [-0.25, -0.2) is 0 Å². The first-order valence-corrected chi connectivity index (χ1v) is 6.64. The molecule has 0 radical (unpaired) electrons. The van der Waals surface area contributed by atoms with Gasteiger partial charge >= 0.3 is 0 Å². The Balaban J connectivity index is 2.23. The Labute approximate surface area is 107 Å². The average Bonchev–Trinajstić information content (AvgIpc) is 2.69. The summed E-state index contributed by atoms with van der Waals surface area (Å²) in [5.74, 6) is 0.244. The first-order valence-electron chi connectivity index (χ1n) is 5.83. The van der Waals surface area contributed by atoms with Crippen LogP contribution in [-0.2, 0) is 0 Å². The Morgan fingerprint density at radius 2 is 2.06 bits per heavy atom. The van der Waals surface area contributed by atoms with Gasteiger partial charge < -0.3 is 5.73 Å². The number of hydrogen-bond donors (Lipinski definition) is 1. The van der Waals surface area contributed by atoms with Crippen LogP contribution in [0.3, 0.4) is 0 Å². The first kappa shape index (κ1) is 12.3. The van der Waals surface area contributed by atoms with Crippen LogP contribution in [0.1, 0.15) is 39.9 Å². The minimum absolute atomic E-state index is 0.0299. The second-order valence-electron chi connectivity index (χ2n) is 4.46. The summed E-state index contributed by atoms with van der Waals surface area (Å²) < 4.78 is 0. The fourth-order valence-corrected chi connectivity index (χ4v) is 2.99. The number of nitrogens with two attached hydrogens (primary N) is 1. The van der Waals surface area contributed by atoms with Gasteiger partial charge in [-0.05, 0) is 37.6 Å². The van der Waals surface area contributed by atoms with Crippen LogP contribution in [0.25, 0.3) is 0 Å². The number of hydrogen-bond acceptors (Lipinski definition) is 3. The molecular weight excluding hydrogens is 228 g/mol. The van der Waals surface area contributed by atoms with Crippen LogP contribution in [0.15, 0.2) is 30.5 Å². The summed E-state index contributed by atoms with van der Waals surface area (Å²) in [4.78, 5) is 6.98. The van der Waals surface area contributed by atoms with Crippen LogP contribution in [0.4, 0.5) is 0 Å². The fraction of sp³-hybridized carbons (Fsp3) is 0.357. The summed E-state index contributed by atoms with van der Waals surface area (Å²) in [6, 6.07) is 8.21. The number of rotatable bonds is 3. The third-order valence-electron chi connectivity index (χ3n) is 3.21. The van der Waals surface area contributed by atoms with Crippen molar-refractivity contribution in [2.45, 2.75) is 32.7 Å². The molecule has 0 aliphatic rings. The highest BCUT2D eigenvalue weighted by molar-refractivity contribution is 7.12. The highest BCUT2D eigenvalue weighted by atomic mass is 32.1. The zero-order valence-electron chi connectivity index (χ0n) is 10.5. The molecule has 0 saturated carbocycles. The second-order valence-corrected chi connectivity index (χ2v) is 5.74. The van der Waals surface area contributed by atoms with Crippen molar-refractivity contribution in [2.75, 3.05) is 0 Å². The van der Waals surface area contributed by atoms with E-state index in [0.717, 1.165) is 5.69 Å². The monoisotopic (exact) mass is 246 g/mol. The number of aromatic nitrogens is 1. The number of pyridine rings is 1. The Morgan fingerprint density at radius 3 is 2.59 bits per heavy atom. The van der Waals surface area contributed by atoms with E-state index in [1.165, 1.54) is 15.3 Å². The molecule has 2 unspecified atom stereocenters. The summed E-state index contributed by atoms with van der Waals surface area (Å²) in [5, 5.41) is 0. The smallest absolute Gasteiger partial charge is 0.0472 e. The van der Waals surface area contributed by atoms with Gasteiger partial charge in [0, 0.05) is 33.6 Å². The van der Waals surface area contributed by atoms with Crippen LogP contribution in [-0.4, -0.2) is 4.98 Å². The van der Waals surface area contributed by atoms with Crippen LogP contribution < -0.4 is 5.73 Å². The van der Waals surface area contributed by atoms with Crippen molar-refractivity contribution in [3.8, 4) is 0 Å². The number of thiophene rings is 1. The third kappa shape index (κ3) is 2.56. The molecule has 0 bridgehead atoms. The molecule has 0 spiro atoms. The molecule has 0 saturated heterocycles. The molecule has 3 heteroatoms. The quantitative estimate of drug-likeness (QED) is 0.899. The van der Waals surface area contributed by atoms with Crippen LogP contribution in [0, 0.1) is 13.8 Å². The maximum Gasteiger partial charge on any atom is 0.0472 e. The zero-order chi connectivity index (χ0) is 12.4. The Morgan fingerprint density at radius 1 is 1.29 bits per heavy atom. The van der Waals surface area contributed by atoms with Gasteiger partial charge in [0.05, 0.1) is 0 Å². The molecule has 2 atom stereocenters. The molecule has 0 aliphatic carbocycles. The molecule has 2 heterocycles. The van der Waals surface area contributed by atoms with Crippen LogP contribution in [0.2, 0.25) is 0 Å². The van der Waals surface area contributed by atoms with Gasteiger partial charge in [-0.3, -0.25) is 4.98 Å². The van der Waals surface area contributed by atoms with Crippen molar-refractivity contribution in [2.24, 2.45) is 5.73 Å². The third-order valence-corrected chi connectivity index (χ3v) is 4.46. The first-order chi connectivity index (χ1) is 8.09. The zero-order valence-corrected chi connectivity index (χ0v) is 11.3. The van der Waals surface area contributed by atoms with Gasteiger partial charge in [0.1, 0.15) is 0 Å². The molecule has 0 aromatic carbocycles. The summed E-state index contributed by atoms with van der Waals surface area (Å²) in [7, 11) is 0. The maximum absolute atomic E-state index is 6.32. The second kappa shape index (κ2) is 4.98. The van der Waals surface area contributed by atoms with Crippen molar-refractivity contribution < 1.29 is 0 Å². The molecule has 90 valence electrons. The SMILES string of the molecule is Cc1cc(C(N)C(C)c2ccccn2)sc1C. The molecule has 17 heavy (non-hydrogen) atoms. The highest BCUT2D eigenvalue weighted by Crippen LogP contribution is 2.33. The predicted octanol–water partition coefficient (Wildman–Crippen LogP) is 3.56. The minimum atomic E-state index is 0.0299. The van der Waals surface area contributed by atoms with Gasteiger partial charge in [-0.1, -0.05) is 13.0 Å². The molecule has 2 aromatic rings. The standard InChI is InChI=1S/C14H18N2S/c1-9-8-13(17-11(9)3)14(15)10(2)12-6-4-5-7-16-12/h4-8,10,14H,15H2,1-3H3. The average molecular weight is 246 g/mol. The molecule has 0 amide bonds. The maximum atomic E-state index is 6.32. The highest BCUT2D eigenvalue weighted by Gasteiger charge is 2.19. The van der Waals surface area contributed by atoms with E-state index in [0.29, 0.717) is 0 Å². The molecule has 2 rings (SSSR count).